The maximum Gasteiger partial charge on any atom is 0.367 e. The molecule has 0 spiro atoms. The lowest BCUT2D eigenvalue weighted by molar-refractivity contribution is -0.137. The minimum Gasteiger partial charge on any atom is -0.480 e. The van der Waals surface area contributed by atoms with Gasteiger partial charge in [0.1, 0.15) is 6.54 Å². The Hall–Kier alpha value is -2.18. The van der Waals surface area contributed by atoms with Gasteiger partial charge in [-0.1, -0.05) is 0 Å². The van der Waals surface area contributed by atoms with Crippen molar-refractivity contribution < 1.29 is 9.90 Å². The predicted octanol–water partition coefficient (Wildman–Crippen LogP) is -0.147. The lowest BCUT2D eigenvalue weighted by Gasteiger charge is -1.95. The van der Waals surface area contributed by atoms with Crippen molar-refractivity contribution >= 4 is 11.6 Å². The summed E-state index contributed by atoms with van der Waals surface area (Å²) < 4.78 is 2.07. The van der Waals surface area contributed by atoms with Crippen molar-refractivity contribution in [3.05, 3.63) is 28.3 Å². The summed E-state index contributed by atoms with van der Waals surface area (Å²) in [7, 11) is 0. The predicted molar refractivity (Wildman–Crippen MR) is 56.9 cm³/mol. The van der Waals surface area contributed by atoms with E-state index in [1.165, 1.54) is 0 Å². The first-order valence-electron chi connectivity index (χ1n) is 5.34. The number of nitrogens with zero attached hydrogens (tertiary/aromatic N) is 4. The van der Waals surface area contributed by atoms with Gasteiger partial charge in [0.25, 0.3) is 0 Å². The fourth-order valence-corrected chi connectivity index (χ4v) is 1.75. The van der Waals surface area contributed by atoms with Crippen LogP contribution in [0.3, 0.4) is 0 Å². The van der Waals surface area contributed by atoms with Crippen molar-refractivity contribution in [3.8, 4) is 0 Å². The van der Waals surface area contributed by atoms with Crippen LogP contribution in [0.2, 0.25) is 0 Å². The van der Waals surface area contributed by atoms with Crippen LogP contribution in [-0.2, 0) is 11.3 Å². The molecule has 17 heavy (non-hydrogen) atoms. The highest BCUT2D eigenvalue weighted by Gasteiger charge is 2.25. The zero-order chi connectivity index (χ0) is 12.0. The molecule has 1 aliphatic rings. The van der Waals surface area contributed by atoms with Crippen LogP contribution < -0.4 is 5.69 Å². The largest absolute Gasteiger partial charge is 0.480 e. The molecular weight excluding hydrogens is 224 g/mol. The number of carbonyl (C=O) groups is 1. The van der Waals surface area contributed by atoms with E-state index in [2.05, 4.69) is 10.2 Å². The summed E-state index contributed by atoms with van der Waals surface area (Å²) in [6.07, 6.45) is 2.19. The Balaban J connectivity index is 2.12. The van der Waals surface area contributed by atoms with E-state index in [-0.39, 0.29) is 0 Å². The van der Waals surface area contributed by atoms with E-state index < -0.39 is 18.2 Å². The molecule has 0 bridgehead atoms. The number of fused-ring (bicyclic) bond motifs is 1. The molecule has 0 radical (unpaired) electrons. The summed E-state index contributed by atoms with van der Waals surface area (Å²) in [5.41, 5.74) is 0.736. The molecule has 2 aromatic heterocycles. The number of carboxylic acid groups (broad SMARTS) is 1. The van der Waals surface area contributed by atoms with Gasteiger partial charge in [0.15, 0.2) is 5.65 Å². The summed E-state index contributed by atoms with van der Waals surface area (Å²) in [6, 6.07) is 3.53. The Bertz CT molecular complexity index is 653. The molecule has 1 aliphatic carbocycles. The molecule has 7 nitrogen and oxygen atoms in total. The average Bonchev–Trinajstić information content (AvgIpc) is 3.07. The molecule has 1 fully saturated rings. The zero-order valence-corrected chi connectivity index (χ0v) is 8.91. The fourth-order valence-electron chi connectivity index (χ4n) is 1.75. The van der Waals surface area contributed by atoms with Crippen molar-refractivity contribution in [1.82, 2.24) is 19.4 Å². The Morgan fingerprint density at radius 3 is 2.82 bits per heavy atom. The highest BCUT2D eigenvalue weighted by atomic mass is 16.4. The monoisotopic (exact) mass is 234 g/mol. The molecule has 1 N–H and O–H groups in total. The third-order valence-electron chi connectivity index (χ3n) is 2.74. The van der Waals surface area contributed by atoms with Gasteiger partial charge in [-0.25, -0.2) is 4.79 Å². The van der Waals surface area contributed by atoms with Crippen LogP contribution in [0.5, 0.6) is 0 Å². The third-order valence-corrected chi connectivity index (χ3v) is 2.74. The zero-order valence-electron chi connectivity index (χ0n) is 8.91. The Morgan fingerprint density at radius 2 is 2.18 bits per heavy atom. The Labute approximate surface area is 95.3 Å². The molecule has 3 rings (SSSR count). The summed E-state index contributed by atoms with van der Waals surface area (Å²) in [5, 5.41) is 16.7. The van der Waals surface area contributed by atoms with Crippen LogP contribution in [-0.4, -0.2) is 30.5 Å². The normalized spacial score (nSPS) is 15.3. The summed E-state index contributed by atoms with van der Waals surface area (Å²) in [5.74, 6) is -0.660. The molecular formula is C10H10N4O3. The molecule has 7 heteroatoms. The van der Waals surface area contributed by atoms with Crippen molar-refractivity contribution in [2.24, 2.45) is 0 Å². The molecule has 2 aromatic rings. The van der Waals surface area contributed by atoms with E-state index >= 15 is 0 Å². The maximum atomic E-state index is 11.8. The van der Waals surface area contributed by atoms with Gasteiger partial charge in [-0.2, -0.15) is 14.3 Å². The first kappa shape index (κ1) is 10.0. The van der Waals surface area contributed by atoms with Crippen LogP contribution in [0.15, 0.2) is 16.9 Å². The maximum absolute atomic E-state index is 11.8. The van der Waals surface area contributed by atoms with Gasteiger partial charge in [-0.3, -0.25) is 4.79 Å². The number of aromatic nitrogens is 4. The second kappa shape index (κ2) is 3.41. The van der Waals surface area contributed by atoms with Gasteiger partial charge in [0, 0.05) is 5.92 Å². The number of aliphatic carboxylic acids is 1. The van der Waals surface area contributed by atoms with Crippen LogP contribution in [0, 0.1) is 0 Å². The molecule has 0 aromatic carbocycles. The highest BCUT2D eigenvalue weighted by molar-refractivity contribution is 5.66. The lowest BCUT2D eigenvalue weighted by atomic mass is 10.3. The highest BCUT2D eigenvalue weighted by Crippen LogP contribution is 2.38. The fraction of sp³-hybridized carbons (Fsp3) is 0.400. The average molecular weight is 234 g/mol. The van der Waals surface area contributed by atoms with E-state index in [1.807, 2.05) is 6.07 Å². The summed E-state index contributed by atoms with van der Waals surface area (Å²) >= 11 is 0. The van der Waals surface area contributed by atoms with Gasteiger partial charge in [0.05, 0.1) is 5.69 Å². The van der Waals surface area contributed by atoms with E-state index in [0.717, 1.165) is 27.7 Å². The van der Waals surface area contributed by atoms with Crippen LogP contribution >= 0.6 is 0 Å². The van der Waals surface area contributed by atoms with Gasteiger partial charge in [-0.15, -0.1) is 5.10 Å². The van der Waals surface area contributed by atoms with E-state index in [1.54, 1.807) is 6.07 Å². The number of hydrogen-bond donors (Lipinski definition) is 1. The molecule has 0 saturated heterocycles. The Morgan fingerprint density at radius 1 is 1.41 bits per heavy atom. The molecule has 88 valence electrons. The molecule has 0 atom stereocenters. The topological polar surface area (TPSA) is 89.5 Å². The first-order chi connectivity index (χ1) is 8.15. The quantitative estimate of drug-likeness (QED) is 0.797. The van der Waals surface area contributed by atoms with Crippen molar-refractivity contribution in [1.29, 1.82) is 0 Å². The van der Waals surface area contributed by atoms with E-state index in [0.29, 0.717) is 11.6 Å². The summed E-state index contributed by atoms with van der Waals surface area (Å²) in [4.78, 5) is 22.4. The van der Waals surface area contributed by atoms with Crippen LogP contribution in [0.4, 0.5) is 0 Å². The van der Waals surface area contributed by atoms with Gasteiger partial charge < -0.3 is 5.11 Å². The number of carboxylic acids is 1. The molecule has 1 saturated carbocycles. The molecule has 0 aliphatic heterocycles. The SMILES string of the molecule is O=C(O)Cn1nc2ccc(C3CC3)nn2c1=O. The smallest absolute Gasteiger partial charge is 0.367 e. The molecule has 2 heterocycles. The Kier molecular flexibility index (Phi) is 2.01. The van der Waals surface area contributed by atoms with Crippen LogP contribution in [0.1, 0.15) is 24.5 Å². The first-order valence-corrected chi connectivity index (χ1v) is 5.34. The molecule has 0 amide bonds. The van der Waals surface area contributed by atoms with Crippen LogP contribution in [0.25, 0.3) is 5.65 Å². The third kappa shape index (κ3) is 1.69. The van der Waals surface area contributed by atoms with Crippen molar-refractivity contribution in [2.45, 2.75) is 25.3 Å². The van der Waals surface area contributed by atoms with E-state index in [4.69, 9.17) is 5.11 Å². The summed E-state index contributed by atoms with van der Waals surface area (Å²) in [6.45, 7) is -0.443. The van der Waals surface area contributed by atoms with E-state index in [9.17, 15) is 9.59 Å². The van der Waals surface area contributed by atoms with Crippen molar-refractivity contribution in [3.63, 3.8) is 0 Å². The second-order valence-corrected chi connectivity index (χ2v) is 4.14. The van der Waals surface area contributed by atoms with Crippen molar-refractivity contribution in [2.75, 3.05) is 0 Å². The number of hydrogen-bond acceptors (Lipinski definition) is 4. The van der Waals surface area contributed by atoms with Gasteiger partial charge in [-0.05, 0) is 25.0 Å². The van der Waals surface area contributed by atoms with Gasteiger partial charge >= 0.3 is 11.7 Å². The minimum atomic E-state index is -1.10. The second-order valence-electron chi connectivity index (χ2n) is 4.14. The minimum absolute atomic E-state index is 0.376. The molecule has 0 unspecified atom stereocenters. The van der Waals surface area contributed by atoms with Gasteiger partial charge in [0.2, 0.25) is 0 Å². The standard InChI is InChI=1S/C10H10N4O3/c15-9(16)5-13-10(17)14-8(12-13)4-3-7(11-14)6-1-2-6/h3-4,6H,1-2,5H2,(H,15,16). The lowest BCUT2D eigenvalue weighted by Crippen LogP contribution is -2.25. The number of rotatable bonds is 3.